The Morgan fingerprint density at radius 2 is 2.06 bits per heavy atom. The second kappa shape index (κ2) is 4.07. The van der Waals surface area contributed by atoms with Crippen LogP contribution in [0.15, 0.2) is 18.2 Å². The lowest BCUT2D eigenvalue weighted by molar-refractivity contribution is 0.516. The van der Waals surface area contributed by atoms with E-state index in [2.05, 4.69) is 45.9 Å². The van der Waals surface area contributed by atoms with Crippen LogP contribution in [0.4, 0.5) is 0 Å². The predicted molar refractivity (Wildman–Crippen MR) is 71.2 cm³/mol. The molecule has 2 rings (SSSR count). The quantitative estimate of drug-likeness (QED) is 0.645. The van der Waals surface area contributed by atoms with Crippen molar-refractivity contribution in [2.24, 2.45) is 5.92 Å². The molecule has 0 spiro atoms. The SMILES string of the molecule is CC(C)Cc1ccc2c(c1)C(Cl)CC2(C)C. The van der Waals surface area contributed by atoms with Crippen molar-refractivity contribution in [1.82, 2.24) is 0 Å². The van der Waals surface area contributed by atoms with Crippen molar-refractivity contribution in [1.29, 1.82) is 0 Å². The number of halogens is 1. The van der Waals surface area contributed by atoms with Gasteiger partial charge in [-0.2, -0.15) is 0 Å². The summed E-state index contributed by atoms with van der Waals surface area (Å²) in [6, 6.07) is 6.88. The third-order valence-corrected chi connectivity index (χ3v) is 3.91. The molecule has 0 nitrogen and oxygen atoms in total. The molecule has 16 heavy (non-hydrogen) atoms. The molecule has 1 aliphatic carbocycles. The monoisotopic (exact) mass is 236 g/mol. The van der Waals surface area contributed by atoms with E-state index in [0.717, 1.165) is 12.8 Å². The Hall–Kier alpha value is -0.490. The van der Waals surface area contributed by atoms with Crippen LogP contribution in [0, 0.1) is 5.92 Å². The van der Waals surface area contributed by atoms with E-state index in [1.54, 1.807) is 0 Å². The smallest absolute Gasteiger partial charge is 0.0596 e. The van der Waals surface area contributed by atoms with Crippen LogP contribution in [0.5, 0.6) is 0 Å². The molecular formula is C15H21Cl. The minimum atomic E-state index is 0.206. The van der Waals surface area contributed by atoms with Crippen LogP contribution in [-0.4, -0.2) is 0 Å². The summed E-state index contributed by atoms with van der Waals surface area (Å²) in [5.74, 6) is 0.709. The van der Waals surface area contributed by atoms with E-state index in [1.807, 2.05) is 0 Å². The van der Waals surface area contributed by atoms with Crippen molar-refractivity contribution in [2.75, 3.05) is 0 Å². The zero-order valence-electron chi connectivity index (χ0n) is 10.7. The summed E-state index contributed by atoms with van der Waals surface area (Å²) in [5.41, 5.74) is 4.49. The average molecular weight is 237 g/mol. The van der Waals surface area contributed by atoms with Gasteiger partial charge in [0.05, 0.1) is 5.38 Å². The molecule has 0 radical (unpaired) electrons. The highest BCUT2D eigenvalue weighted by Gasteiger charge is 2.35. The number of hydrogen-bond donors (Lipinski definition) is 0. The molecule has 1 aliphatic rings. The first-order valence-electron chi connectivity index (χ1n) is 6.17. The summed E-state index contributed by atoms with van der Waals surface area (Å²) in [4.78, 5) is 0. The molecule has 0 aromatic heterocycles. The second-order valence-electron chi connectivity index (χ2n) is 6.08. The Bertz CT molecular complexity index is 390. The minimum Gasteiger partial charge on any atom is -0.118 e. The third-order valence-electron chi connectivity index (χ3n) is 3.52. The topological polar surface area (TPSA) is 0 Å². The van der Waals surface area contributed by atoms with E-state index < -0.39 is 0 Å². The summed E-state index contributed by atoms with van der Waals surface area (Å²) in [7, 11) is 0. The first-order chi connectivity index (χ1) is 7.40. The Labute approximate surface area is 104 Å². The molecular weight excluding hydrogens is 216 g/mol. The molecule has 1 aromatic rings. The fourth-order valence-electron chi connectivity index (χ4n) is 2.75. The summed E-state index contributed by atoms with van der Waals surface area (Å²) in [5, 5.41) is 0.206. The second-order valence-corrected chi connectivity index (χ2v) is 6.60. The lowest BCUT2D eigenvalue weighted by Crippen LogP contribution is -2.11. The van der Waals surface area contributed by atoms with E-state index in [-0.39, 0.29) is 10.8 Å². The van der Waals surface area contributed by atoms with Gasteiger partial charge in [0.15, 0.2) is 0 Å². The molecule has 0 saturated carbocycles. The van der Waals surface area contributed by atoms with Gasteiger partial charge in [-0.1, -0.05) is 45.9 Å². The fraction of sp³-hybridized carbons (Fsp3) is 0.600. The largest absolute Gasteiger partial charge is 0.118 e. The van der Waals surface area contributed by atoms with Crippen LogP contribution in [0.3, 0.4) is 0 Å². The maximum atomic E-state index is 6.44. The van der Waals surface area contributed by atoms with E-state index in [9.17, 15) is 0 Å². The maximum Gasteiger partial charge on any atom is 0.0596 e. The van der Waals surface area contributed by atoms with Gasteiger partial charge in [-0.3, -0.25) is 0 Å². The van der Waals surface area contributed by atoms with E-state index >= 15 is 0 Å². The normalized spacial score (nSPS) is 22.5. The van der Waals surface area contributed by atoms with Crippen molar-refractivity contribution in [2.45, 2.75) is 51.3 Å². The number of benzene rings is 1. The Morgan fingerprint density at radius 3 is 2.69 bits per heavy atom. The first kappa shape index (κ1) is 12.0. The highest BCUT2D eigenvalue weighted by molar-refractivity contribution is 6.21. The van der Waals surface area contributed by atoms with Gasteiger partial charge in [0.1, 0.15) is 0 Å². The molecule has 0 bridgehead atoms. The molecule has 0 heterocycles. The first-order valence-corrected chi connectivity index (χ1v) is 6.61. The average Bonchev–Trinajstić information content (AvgIpc) is 2.36. The van der Waals surface area contributed by atoms with Gasteiger partial charge >= 0.3 is 0 Å². The lowest BCUT2D eigenvalue weighted by atomic mass is 9.86. The molecule has 1 atom stereocenters. The van der Waals surface area contributed by atoms with Gasteiger partial charge in [0, 0.05) is 0 Å². The van der Waals surface area contributed by atoms with E-state index in [1.165, 1.54) is 16.7 Å². The van der Waals surface area contributed by atoms with Crippen molar-refractivity contribution < 1.29 is 0 Å². The maximum absolute atomic E-state index is 6.44. The van der Waals surface area contributed by atoms with Crippen molar-refractivity contribution in [3.63, 3.8) is 0 Å². The molecule has 0 amide bonds. The molecule has 0 saturated heterocycles. The van der Waals surface area contributed by atoms with Crippen molar-refractivity contribution >= 4 is 11.6 Å². The Balaban J connectivity index is 2.37. The highest BCUT2D eigenvalue weighted by Crippen LogP contribution is 2.47. The molecule has 1 aromatic carbocycles. The molecule has 0 N–H and O–H groups in total. The van der Waals surface area contributed by atoms with Crippen LogP contribution < -0.4 is 0 Å². The third kappa shape index (κ3) is 2.13. The summed E-state index contributed by atoms with van der Waals surface area (Å²) >= 11 is 6.44. The number of hydrogen-bond acceptors (Lipinski definition) is 0. The summed E-state index contributed by atoms with van der Waals surface area (Å²) < 4.78 is 0. The van der Waals surface area contributed by atoms with Crippen molar-refractivity contribution in [3.8, 4) is 0 Å². The van der Waals surface area contributed by atoms with Crippen LogP contribution in [0.1, 0.15) is 56.2 Å². The van der Waals surface area contributed by atoms with Gasteiger partial charge in [0.25, 0.3) is 0 Å². The standard InChI is InChI=1S/C15H21Cl/c1-10(2)7-11-5-6-13-12(8-11)14(16)9-15(13,3)4/h5-6,8,10,14H,7,9H2,1-4H3. The molecule has 1 unspecified atom stereocenters. The van der Waals surface area contributed by atoms with Gasteiger partial charge in [0.2, 0.25) is 0 Å². The van der Waals surface area contributed by atoms with Crippen LogP contribution in [-0.2, 0) is 11.8 Å². The zero-order chi connectivity index (χ0) is 11.9. The van der Waals surface area contributed by atoms with Gasteiger partial charge in [-0.05, 0) is 40.9 Å². The van der Waals surface area contributed by atoms with Gasteiger partial charge in [-0.15, -0.1) is 11.6 Å². The van der Waals surface area contributed by atoms with Gasteiger partial charge in [-0.25, -0.2) is 0 Å². The predicted octanol–water partition coefficient (Wildman–Crippen LogP) is 4.85. The number of alkyl halides is 1. The number of rotatable bonds is 2. The summed E-state index contributed by atoms with van der Waals surface area (Å²) in [6.45, 7) is 9.09. The Kier molecular flexibility index (Phi) is 3.05. The molecule has 0 aliphatic heterocycles. The molecule has 88 valence electrons. The summed E-state index contributed by atoms with van der Waals surface area (Å²) in [6.07, 6.45) is 2.21. The highest BCUT2D eigenvalue weighted by atomic mass is 35.5. The van der Waals surface area contributed by atoms with E-state index in [4.69, 9.17) is 11.6 Å². The Morgan fingerprint density at radius 1 is 1.38 bits per heavy atom. The zero-order valence-corrected chi connectivity index (χ0v) is 11.4. The lowest BCUT2D eigenvalue weighted by Gasteiger charge is -2.18. The molecule has 1 heteroatoms. The fourth-order valence-corrected chi connectivity index (χ4v) is 3.32. The number of fused-ring (bicyclic) bond motifs is 1. The van der Waals surface area contributed by atoms with Gasteiger partial charge < -0.3 is 0 Å². The van der Waals surface area contributed by atoms with Crippen LogP contribution >= 0.6 is 11.6 Å². The minimum absolute atomic E-state index is 0.206. The van der Waals surface area contributed by atoms with Crippen LogP contribution in [0.25, 0.3) is 0 Å². The van der Waals surface area contributed by atoms with Crippen molar-refractivity contribution in [3.05, 3.63) is 34.9 Å². The van der Waals surface area contributed by atoms with E-state index in [0.29, 0.717) is 5.92 Å². The molecule has 0 fully saturated rings. The van der Waals surface area contributed by atoms with Crippen LogP contribution in [0.2, 0.25) is 0 Å².